The van der Waals surface area contributed by atoms with E-state index < -0.39 is 6.04 Å². The molecule has 1 atom stereocenters. The molecule has 0 aliphatic heterocycles. The summed E-state index contributed by atoms with van der Waals surface area (Å²) in [6.07, 6.45) is 3.25. The van der Waals surface area contributed by atoms with Crippen molar-refractivity contribution in [3.63, 3.8) is 0 Å². The number of thioether (sulfide) groups is 1. The highest BCUT2D eigenvalue weighted by molar-refractivity contribution is 7.99. The molecule has 0 heterocycles. The van der Waals surface area contributed by atoms with Gasteiger partial charge in [-0.15, -0.1) is 11.8 Å². The molecule has 0 saturated heterocycles. The summed E-state index contributed by atoms with van der Waals surface area (Å²) >= 11 is 20.3. The molecule has 38 heavy (non-hydrogen) atoms. The molecule has 3 aromatic rings. The number of carbonyl (C=O) groups is 2. The minimum Gasteiger partial charge on any atom is -0.354 e. The largest absolute Gasteiger partial charge is 0.354 e. The molecule has 0 aromatic heterocycles. The average molecular weight is 592 g/mol. The van der Waals surface area contributed by atoms with Crippen LogP contribution in [0.5, 0.6) is 0 Å². The number of amides is 2. The summed E-state index contributed by atoms with van der Waals surface area (Å²) in [6.45, 7) is 2.87. The van der Waals surface area contributed by atoms with Gasteiger partial charge in [0.05, 0.1) is 0 Å². The molecule has 0 bridgehead atoms. The first-order chi connectivity index (χ1) is 18.4. The quantitative estimate of drug-likeness (QED) is 0.152. The third-order valence-electron chi connectivity index (χ3n) is 6.07. The van der Waals surface area contributed by atoms with Crippen LogP contribution in [0.25, 0.3) is 0 Å². The van der Waals surface area contributed by atoms with E-state index in [2.05, 4.69) is 12.2 Å². The Kier molecular flexibility index (Phi) is 12.8. The highest BCUT2D eigenvalue weighted by Crippen LogP contribution is 2.26. The van der Waals surface area contributed by atoms with Crippen LogP contribution in [0.1, 0.15) is 43.7 Å². The molecule has 8 heteroatoms. The summed E-state index contributed by atoms with van der Waals surface area (Å²) in [7, 11) is 0. The number of carbonyl (C=O) groups excluding carboxylic acids is 2. The molecule has 202 valence electrons. The molecular weight excluding hydrogens is 559 g/mol. The highest BCUT2D eigenvalue weighted by Gasteiger charge is 2.30. The van der Waals surface area contributed by atoms with Crippen LogP contribution in [-0.4, -0.2) is 35.1 Å². The Balaban J connectivity index is 1.80. The van der Waals surface area contributed by atoms with Gasteiger partial charge in [0, 0.05) is 45.9 Å². The molecule has 0 aliphatic rings. The fourth-order valence-corrected chi connectivity index (χ4v) is 5.43. The number of hydrogen-bond acceptors (Lipinski definition) is 3. The zero-order valence-corrected chi connectivity index (χ0v) is 24.6. The van der Waals surface area contributed by atoms with Crippen LogP contribution in [0, 0.1) is 0 Å². The molecule has 0 spiro atoms. The number of hydrogen-bond donors (Lipinski definition) is 1. The van der Waals surface area contributed by atoms with Crippen LogP contribution in [0.4, 0.5) is 0 Å². The summed E-state index contributed by atoms with van der Waals surface area (Å²) in [5.41, 5.74) is 1.74. The molecule has 3 aromatic carbocycles. The lowest BCUT2D eigenvalue weighted by Crippen LogP contribution is -2.50. The van der Waals surface area contributed by atoms with Crippen molar-refractivity contribution in [2.24, 2.45) is 0 Å². The maximum atomic E-state index is 13.7. The fourth-order valence-electron chi connectivity index (χ4n) is 3.98. The van der Waals surface area contributed by atoms with E-state index in [9.17, 15) is 9.59 Å². The molecule has 0 saturated carbocycles. The van der Waals surface area contributed by atoms with Crippen molar-refractivity contribution in [1.29, 1.82) is 0 Å². The summed E-state index contributed by atoms with van der Waals surface area (Å²) in [6, 6.07) is 22.0. The van der Waals surface area contributed by atoms with Gasteiger partial charge in [-0.2, -0.15) is 0 Å². The molecule has 0 unspecified atom stereocenters. The second kappa shape index (κ2) is 16.0. The van der Waals surface area contributed by atoms with E-state index in [-0.39, 0.29) is 18.4 Å². The molecule has 3 rings (SSSR count). The van der Waals surface area contributed by atoms with Crippen LogP contribution in [0.15, 0.2) is 77.7 Å². The highest BCUT2D eigenvalue weighted by atomic mass is 35.5. The van der Waals surface area contributed by atoms with Crippen LogP contribution >= 0.6 is 46.6 Å². The molecule has 2 amide bonds. The minimum atomic E-state index is -0.669. The van der Waals surface area contributed by atoms with Gasteiger partial charge >= 0.3 is 0 Å². The second-order valence-electron chi connectivity index (χ2n) is 9.01. The topological polar surface area (TPSA) is 49.4 Å². The normalized spacial score (nSPS) is 11.7. The summed E-state index contributed by atoms with van der Waals surface area (Å²) < 4.78 is 0. The number of benzene rings is 3. The van der Waals surface area contributed by atoms with Crippen molar-refractivity contribution in [1.82, 2.24) is 10.2 Å². The zero-order chi connectivity index (χ0) is 27.3. The molecule has 0 radical (unpaired) electrons. The Labute approximate surface area is 245 Å². The van der Waals surface area contributed by atoms with E-state index in [1.165, 1.54) is 0 Å². The molecule has 1 N–H and O–H groups in total. The zero-order valence-electron chi connectivity index (χ0n) is 21.5. The van der Waals surface area contributed by atoms with Crippen LogP contribution in [0.2, 0.25) is 15.1 Å². The lowest BCUT2D eigenvalue weighted by atomic mass is 10.0. The van der Waals surface area contributed by atoms with E-state index in [0.29, 0.717) is 40.9 Å². The summed E-state index contributed by atoms with van der Waals surface area (Å²) in [5.74, 6) is 0.533. The van der Waals surface area contributed by atoms with E-state index >= 15 is 0 Å². The van der Waals surface area contributed by atoms with Gasteiger partial charge in [-0.25, -0.2) is 0 Å². The minimum absolute atomic E-state index is 0.0840. The van der Waals surface area contributed by atoms with Gasteiger partial charge in [0.25, 0.3) is 0 Å². The first-order valence-corrected chi connectivity index (χ1v) is 14.9. The Bertz CT molecular complexity index is 1180. The number of rotatable bonds is 14. The standard InChI is InChI=1S/C30H33Cl3N2O2S/c1-2-3-17-34-30(37)28(19-22-8-5-4-6-9-22)35(21-23-11-12-25(32)20-27(23)33)29(36)10-7-18-38-26-15-13-24(31)14-16-26/h4-6,8-9,11-16,20,28H,2-3,7,10,17-19,21H2,1H3,(H,34,37)/t28-/m0/s1. The Morgan fingerprint density at radius 3 is 2.32 bits per heavy atom. The van der Waals surface area contributed by atoms with Crippen molar-refractivity contribution in [2.75, 3.05) is 12.3 Å². The van der Waals surface area contributed by atoms with Crippen molar-refractivity contribution >= 4 is 58.4 Å². The maximum Gasteiger partial charge on any atom is 0.243 e. The van der Waals surface area contributed by atoms with Gasteiger partial charge in [-0.05, 0) is 66.1 Å². The van der Waals surface area contributed by atoms with Crippen LogP contribution in [0.3, 0.4) is 0 Å². The molecular formula is C30H33Cl3N2O2S. The van der Waals surface area contributed by atoms with Crippen molar-refractivity contribution < 1.29 is 9.59 Å². The number of nitrogens with one attached hydrogen (secondary N) is 1. The van der Waals surface area contributed by atoms with Crippen molar-refractivity contribution in [3.8, 4) is 0 Å². The van der Waals surface area contributed by atoms with Crippen molar-refractivity contribution in [3.05, 3.63) is 99.0 Å². The summed E-state index contributed by atoms with van der Waals surface area (Å²) in [4.78, 5) is 29.9. The fraction of sp³-hybridized carbons (Fsp3) is 0.333. The van der Waals surface area contributed by atoms with E-state index in [0.717, 1.165) is 34.6 Å². The van der Waals surface area contributed by atoms with Gasteiger partial charge in [0.2, 0.25) is 11.8 Å². The monoisotopic (exact) mass is 590 g/mol. The second-order valence-corrected chi connectivity index (χ2v) is 11.5. The average Bonchev–Trinajstić information content (AvgIpc) is 2.91. The Hall–Kier alpha value is -2.18. The predicted octanol–water partition coefficient (Wildman–Crippen LogP) is 8.08. The van der Waals surface area contributed by atoms with E-state index in [1.807, 2.05) is 60.7 Å². The molecule has 4 nitrogen and oxygen atoms in total. The third kappa shape index (κ3) is 9.85. The smallest absolute Gasteiger partial charge is 0.243 e. The van der Waals surface area contributed by atoms with Gasteiger partial charge in [-0.3, -0.25) is 9.59 Å². The molecule has 0 aliphatic carbocycles. The molecule has 0 fully saturated rings. The number of halogens is 3. The Morgan fingerprint density at radius 1 is 0.921 bits per heavy atom. The van der Waals surface area contributed by atoms with Gasteiger partial charge in [-0.1, -0.05) is 84.5 Å². The number of unbranched alkanes of at least 4 members (excludes halogenated alkanes) is 1. The van der Waals surface area contributed by atoms with Gasteiger partial charge in [0.1, 0.15) is 6.04 Å². The summed E-state index contributed by atoms with van der Waals surface area (Å²) in [5, 5.41) is 4.73. The Morgan fingerprint density at radius 2 is 1.63 bits per heavy atom. The maximum absolute atomic E-state index is 13.7. The number of nitrogens with zero attached hydrogens (tertiary/aromatic N) is 1. The van der Waals surface area contributed by atoms with Crippen molar-refractivity contribution in [2.45, 2.75) is 56.5 Å². The van der Waals surface area contributed by atoms with Gasteiger partial charge < -0.3 is 10.2 Å². The van der Waals surface area contributed by atoms with Crippen LogP contribution < -0.4 is 5.32 Å². The third-order valence-corrected chi connectivity index (χ3v) is 8.01. The van der Waals surface area contributed by atoms with Crippen LogP contribution in [-0.2, 0) is 22.6 Å². The first kappa shape index (κ1) is 30.4. The van der Waals surface area contributed by atoms with E-state index in [1.54, 1.807) is 28.8 Å². The SMILES string of the molecule is CCCCNC(=O)[C@H](Cc1ccccc1)N(Cc1ccc(Cl)cc1Cl)C(=O)CCCSc1ccc(Cl)cc1. The van der Waals surface area contributed by atoms with Gasteiger partial charge in [0.15, 0.2) is 0 Å². The lowest BCUT2D eigenvalue weighted by Gasteiger charge is -2.32. The lowest BCUT2D eigenvalue weighted by molar-refractivity contribution is -0.141. The first-order valence-electron chi connectivity index (χ1n) is 12.8. The predicted molar refractivity (Wildman–Crippen MR) is 160 cm³/mol. The van der Waals surface area contributed by atoms with E-state index in [4.69, 9.17) is 34.8 Å².